The summed E-state index contributed by atoms with van der Waals surface area (Å²) in [6.07, 6.45) is 5.70. The maximum Gasteiger partial charge on any atom is 0.296 e. The topological polar surface area (TPSA) is 102 Å². The number of aromatic nitrogens is 3. The van der Waals surface area contributed by atoms with Crippen LogP contribution in [0.2, 0.25) is 0 Å². The summed E-state index contributed by atoms with van der Waals surface area (Å²) in [5, 5.41) is 11.4. The molecular weight excluding hydrogens is 505 g/mol. The third-order valence-corrected chi connectivity index (χ3v) is 8.39. The molecule has 2 aromatic carbocycles. The van der Waals surface area contributed by atoms with Crippen LogP contribution in [0.4, 0.5) is 4.39 Å². The summed E-state index contributed by atoms with van der Waals surface area (Å²) in [5.74, 6) is -0.792. The molecule has 4 rings (SSSR count). The molecule has 1 N–H and O–H groups in total. The molecule has 0 saturated heterocycles. The SMILES string of the molecule is CCCCc1nc(=O)c(S(=O)(=O)c2ccc(-c3ccncc3C)cc2)c(O)n1C(CC)c1ccc(F)cc1. The van der Waals surface area contributed by atoms with E-state index in [1.165, 1.54) is 28.8 Å². The van der Waals surface area contributed by atoms with E-state index in [0.29, 0.717) is 24.8 Å². The summed E-state index contributed by atoms with van der Waals surface area (Å²) in [6, 6.07) is 13.2. The number of pyridine rings is 1. The van der Waals surface area contributed by atoms with Crippen molar-refractivity contribution in [3.8, 4) is 17.0 Å². The Morgan fingerprint density at radius 3 is 2.32 bits per heavy atom. The standard InChI is InChI=1S/C29H30FN3O4S/c1-4-6-7-26-32-28(34)27(29(35)33(26)25(5-2)21-8-12-22(30)13-9-21)38(36,37)23-14-10-20(11-15-23)24-16-17-31-18-19(24)3/h8-18,25,35H,4-7H2,1-3H3. The first-order valence-electron chi connectivity index (χ1n) is 12.5. The minimum absolute atomic E-state index is 0.134. The average molecular weight is 536 g/mol. The van der Waals surface area contributed by atoms with Crippen LogP contribution >= 0.6 is 0 Å². The van der Waals surface area contributed by atoms with E-state index in [9.17, 15) is 22.7 Å². The predicted molar refractivity (Wildman–Crippen MR) is 143 cm³/mol. The molecule has 1 unspecified atom stereocenters. The first-order chi connectivity index (χ1) is 18.2. The molecule has 0 spiro atoms. The Balaban J connectivity index is 1.86. The second-order valence-corrected chi connectivity index (χ2v) is 11.0. The van der Waals surface area contributed by atoms with Gasteiger partial charge in [-0.05, 0) is 72.4 Å². The quantitative estimate of drug-likeness (QED) is 0.298. The molecule has 0 amide bonds. The van der Waals surface area contributed by atoms with Crippen LogP contribution < -0.4 is 5.56 Å². The number of sulfone groups is 1. The van der Waals surface area contributed by atoms with Crippen molar-refractivity contribution < 1.29 is 17.9 Å². The lowest BCUT2D eigenvalue weighted by molar-refractivity contribution is 0.358. The zero-order chi connectivity index (χ0) is 27.4. The number of aryl methyl sites for hydroxylation is 2. The smallest absolute Gasteiger partial charge is 0.296 e. The fourth-order valence-corrected chi connectivity index (χ4v) is 5.95. The Labute approximate surface area is 221 Å². The van der Waals surface area contributed by atoms with Crippen LogP contribution in [-0.4, -0.2) is 28.1 Å². The van der Waals surface area contributed by atoms with Gasteiger partial charge < -0.3 is 5.11 Å². The van der Waals surface area contributed by atoms with Crippen LogP contribution in [0.3, 0.4) is 0 Å². The van der Waals surface area contributed by atoms with Gasteiger partial charge in [0.25, 0.3) is 5.56 Å². The fourth-order valence-electron chi connectivity index (χ4n) is 4.60. The molecule has 7 nitrogen and oxygen atoms in total. The van der Waals surface area contributed by atoms with Crippen LogP contribution in [0, 0.1) is 12.7 Å². The van der Waals surface area contributed by atoms with E-state index in [1.54, 1.807) is 36.7 Å². The van der Waals surface area contributed by atoms with Crippen molar-refractivity contribution in [2.75, 3.05) is 0 Å². The predicted octanol–water partition coefficient (Wildman–Crippen LogP) is 5.63. The molecule has 0 aliphatic carbocycles. The fraction of sp³-hybridized carbons (Fsp3) is 0.276. The lowest BCUT2D eigenvalue weighted by atomic mass is 10.0. The highest BCUT2D eigenvalue weighted by atomic mass is 32.2. The van der Waals surface area contributed by atoms with E-state index in [2.05, 4.69) is 9.97 Å². The van der Waals surface area contributed by atoms with E-state index >= 15 is 0 Å². The van der Waals surface area contributed by atoms with Gasteiger partial charge in [0.05, 0.1) is 10.9 Å². The third-order valence-electron chi connectivity index (χ3n) is 6.61. The molecule has 0 saturated carbocycles. The van der Waals surface area contributed by atoms with Gasteiger partial charge in [0.2, 0.25) is 15.7 Å². The van der Waals surface area contributed by atoms with Crippen LogP contribution in [0.1, 0.15) is 56.1 Å². The number of benzene rings is 2. The third kappa shape index (κ3) is 5.24. The first-order valence-corrected chi connectivity index (χ1v) is 14.0. The molecule has 9 heteroatoms. The molecule has 0 aliphatic heterocycles. The highest BCUT2D eigenvalue weighted by molar-refractivity contribution is 7.91. The molecule has 2 heterocycles. The lowest BCUT2D eigenvalue weighted by Crippen LogP contribution is -2.27. The minimum Gasteiger partial charge on any atom is -0.493 e. The van der Waals surface area contributed by atoms with Gasteiger partial charge in [0.1, 0.15) is 11.6 Å². The first kappa shape index (κ1) is 27.2. The lowest BCUT2D eigenvalue weighted by Gasteiger charge is -2.25. The Bertz CT molecular complexity index is 1600. The van der Waals surface area contributed by atoms with Crippen molar-refractivity contribution in [1.82, 2.24) is 14.5 Å². The van der Waals surface area contributed by atoms with Crippen LogP contribution in [0.15, 0.2) is 81.6 Å². The highest BCUT2D eigenvalue weighted by Crippen LogP contribution is 2.34. The van der Waals surface area contributed by atoms with Crippen molar-refractivity contribution in [1.29, 1.82) is 0 Å². The number of rotatable bonds is 9. The van der Waals surface area contributed by atoms with Gasteiger partial charge in [-0.25, -0.2) is 12.8 Å². The zero-order valence-corrected chi connectivity index (χ0v) is 22.4. The number of hydrogen-bond acceptors (Lipinski definition) is 6. The molecule has 0 radical (unpaired) electrons. The molecule has 1 atom stereocenters. The van der Waals surface area contributed by atoms with E-state index in [4.69, 9.17) is 0 Å². The van der Waals surface area contributed by atoms with Gasteiger partial charge in [-0.1, -0.05) is 44.5 Å². The van der Waals surface area contributed by atoms with Crippen molar-refractivity contribution in [2.45, 2.75) is 62.3 Å². The molecule has 4 aromatic rings. The average Bonchev–Trinajstić information content (AvgIpc) is 2.90. The second-order valence-electron chi connectivity index (χ2n) is 9.15. The summed E-state index contributed by atoms with van der Waals surface area (Å²) in [5.41, 5.74) is 2.28. The van der Waals surface area contributed by atoms with Crippen LogP contribution in [0.25, 0.3) is 11.1 Å². The summed E-state index contributed by atoms with van der Waals surface area (Å²) >= 11 is 0. The number of nitrogens with zero attached hydrogens (tertiary/aromatic N) is 3. The molecular formula is C29H30FN3O4S. The molecule has 0 fully saturated rings. The van der Waals surface area contributed by atoms with Crippen molar-refractivity contribution in [3.05, 3.63) is 100 Å². The van der Waals surface area contributed by atoms with Gasteiger partial charge in [-0.2, -0.15) is 4.98 Å². The number of unbranched alkanes of at least 4 members (excludes halogenated alkanes) is 1. The minimum atomic E-state index is -4.42. The van der Waals surface area contributed by atoms with Crippen molar-refractivity contribution >= 4 is 9.84 Å². The van der Waals surface area contributed by atoms with Crippen molar-refractivity contribution in [3.63, 3.8) is 0 Å². The van der Waals surface area contributed by atoms with Gasteiger partial charge in [0, 0.05) is 18.8 Å². The van der Waals surface area contributed by atoms with E-state index in [1.807, 2.05) is 26.8 Å². The Hall–Kier alpha value is -3.85. The van der Waals surface area contributed by atoms with Crippen LogP contribution in [-0.2, 0) is 16.3 Å². The zero-order valence-electron chi connectivity index (χ0n) is 21.6. The maximum atomic E-state index is 13.7. The number of hydrogen-bond donors (Lipinski definition) is 1. The van der Waals surface area contributed by atoms with E-state index in [0.717, 1.165) is 23.1 Å². The Kier molecular flexibility index (Phi) is 8.06. The molecule has 0 bridgehead atoms. The van der Waals surface area contributed by atoms with E-state index < -0.39 is 38.0 Å². The maximum absolute atomic E-state index is 13.7. The van der Waals surface area contributed by atoms with Crippen LogP contribution in [0.5, 0.6) is 5.88 Å². The largest absolute Gasteiger partial charge is 0.493 e. The van der Waals surface area contributed by atoms with E-state index in [-0.39, 0.29) is 10.7 Å². The molecule has 2 aromatic heterocycles. The Morgan fingerprint density at radius 1 is 1.03 bits per heavy atom. The molecule has 0 aliphatic rings. The molecule has 198 valence electrons. The summed E-state index contributed by atoms with van der Waals surface area (Å²) < 4.78 is 42.4. The summed E-state index contributed by atoms with van der Waals surface area (Å²) in [4.78, 5) is 20.4. The monoisotopic (exact) mass is 535 g/mol. The normalized spacial score (nSPS) is 12.4. The highest BCUT2D eigenvalue weighted by Gasteiger charge is 2.31. The summed E-state index contributed by atoms with van der Waals surface area (Å²) in [7, 11) is -4.42. The van der Waals surface area contributed by atoms with Crippen molar-refractivity contribution in [2.24, 2.45) is 0 Å². The van der Waals surface area contributed by atoms with Gasteiger partial charge in [-0.3, -0.25) is 14.3 Å². The second kappa shape index (κ2) is 11.3. The van der Waals surface area contributed by atoms with Gasteiger partial charge >= 0.3 is 0 Å². The van der Waals surface area contributed by atoms with Gasteiger partial charge in [0.15, 0.2) is 4.90 Å². The van der Waals surface area contributed by atoms with Gasteiger partial charge in [-0.15, -0.1) is 0 Å². The molecule has 38 heavy (non-hydrogen) atoms. The Morgan fingerprint density at radius 2 is 1.71 bits per heavy atom. The number of aromatic hydroxyl groups is 1. The number of halogens is 1. The summed E-state index contributed by atoms with van der Waals surface area (Å²) in [6.45, 7) is 5.75.